The van der Waals surface area contributed by atoms with E-state index in [1.54, 1.807) is 68.2 Å². The Labute approximate surface area is 139 Å². The van der Waals surface area contributed by atoms with Crippen molar-refractivity contribution in [2.75, 3.05) is 5.32 Å². The number of aryl methyl sites for hydroxylation is 3. The van der Waals surface area contributed by atoms with Gasteiger partial charge in [0.05, 0.1) is 5.56 Å². The van der Waals surface area contributed by atoms with Gasteiger partial charge in [0.1, 0.15) is 11.5 Å². The SMILES string of the molecule is Cc1cc(C(=O)Nc2ccc(C(=O)c3nccn3C)cc2)c(C)o1. The predicted octanol–water partition coefficient (Wildman–Crippen LogP) is 3.11. The number of furan rings is 1. The standard InChI is InChI=1S/C18H17N3O3/c1-11-10-15(12(2)24-11)18(23)20-14-6-4-13(5-7-14)16(22)17-19-8-9-21(17)3/h4-10H,1-3H3,(H,20,23). The van der Waals surface area contributed by atoms with Crippen molar-refractivity contribution in [3.8, 4) is 0 Å². The van der Waals surface area contributed by atoms with E-state index in [4.69, 9.17) is 4.42 Å². The van der Waals surface area contributed by atoms with Crippen LogP contribution in [0.2, 0.25) is 0 Å². The first kappa shape index (κ1) is 15.7. The first-order chi connectivity index (χ1) is 11.5. The topological polar surface area (TPSA) is 77.1 Å². The molecular formula is C18H17N3O3. The van der Waals surface area contributed by atoms with Crippen molar-refractivity contribution in [3.63, 3.8) is 0 Å². The zero-order valence-electron chi connectivity index (χ0n) is 13.7. The molecule has 0 atom stereocenters. The lowest BCUT2D eigenvalue weighted by Gasteiger charge is -2.06. The Balaban J connectivity index is 1.75. The summed E-state index contributed by atoms with van der Waals surface area (Å²) in [5.74, 6) is 1.23. The van der Waals surface area contributed by atoms with Gasteiger partial charge in [-0.15, -0.1) is 0 Å². The van der Waals surface area contributed by atoms with Gasteiger partial charge in [0.2, 0.25) is 5.78 Å². The summed E-state index contributed by atoms with van der Waals surface area (Å²) in [6.07, 6.45) is 3.30. The number of imidazole rings is 1. The lowest BCUT2D eigenvalue weighted by Crippen LogP contribution is -2.12. The Kier molecular flexibility index (Phi) is 4.04. The molecular weight excluding hydrogens is 306 g/mol. The molecule has 0 radical (unpaired) electrons. The third-order valence-corrected chi connectivity index (χ3v) is 3.71. The number of hydrogen-bond donors (Lipinski definition) is 1. The van der Waals surface area contributed by atoms with Crippen molar-refractivity contribution in [2.24, 2.45) is 7.05 Å². The Morgan fingerprint density at radius 3 is 2.42 bits per heavy atom. The van der Waals surface area contributed by atoms with Crippen LogP contribution in [0.4, 0.5) is 5.69 Å². The van der Waals surface area contributed by atoms with Crippen LogP contribution in [-0.2, 0) is 7.05 Å². The van der Waals surface area contributed by atoms with Crippen LogP contribution in [0.25, 0.3) is 0 Å². The summed E-state index contributed by atoms with van der Waals surface area (Å²) in [6.45, 7) is 3.54. The molecule has 0 aliphatic rings. The second kappa shape index (κ2) is 6.16. The molecule has 0 aliphatic heterocycles. The highest BCUT2D eigenvalue weighted by atomic mass is 16.3. The molecule has 3 rings (SSSR count). The molecule has 0 fully saturated rings. The third kappa shape index (κ3) is 2.99. The molecule has 1 aromatic carbocycles. The zero-order chi connectivity index (χ0) is 17.3. The molecule has 0 aliphatic carbocycles. The van der Waals surface area contributed by atoms with Crippen molar-refractivity contribution in [1.82, 2.24) is 9.55 Å². The van der Waals surface area contributed by atoms with Crippen LogP contribution in [0.1, 0.15) is 38.1 Å². The normalized spacial score (nSPS) is 10.6. The molecule has 2 aromatic heterocycles. The number of benzene rings is 1. The first-order valence-corrected chi connectivity index (χ1v) is 7.46. The fourth-order valence-electron chi connectivity index (χ4n) is 2.47. The molecule has 0 saturated heterocycles. The third-order valence-electron chi connectivity index (χ3n) is 3.71. The van der Waals surface area contributed by atoms with Gasteiger partial charge in [-0.3, -0.25) is 9.59 Å². The molecule has 3 aromatic rings. The zero-order valence-corrected chi connectivity index (χ0v) is 13.7. The highest BCUT2D eigenvalue weighted by molar-refractivity contribution is 6.08. The predicted molar refractivity (Wildman–Crippen MR) is 89.2 cm³/mol. The van der Waals surface area contributed by atoms with Crippen molar-refractivity contribution in [3.05, 3.63) is 71.2 Å². The van der Waals surface area contributed by atoms with Gasteiger partial charge in [0, 0.05) is 30.7 Å². The second-order valence-corrected chi connectivity index (χ2v) is 5.55. The fourth-order valence-corrected chi connectivity index (χ4v) is 2.47. The van der Waals surface area contributed by atoms with E-state index in [-0.39, 0.29) is 11.7 Å². The summed E-state index contributed by atoms with van der Waals surface area (Å²) in [4.78, 5) is 28.6. The largest absolute Gasteiger partial charge is 0.466 e. The molecule has 1 amide bonds. The average molecular weight is 323 g/mol. The van der Waals surface area contributed by atoms with E-state index >= 15 is 0 Å². The number of aromatic nitrogens is 2. The van der Waals surface area contributed by atoms with Crippen LogP contribution in [0, 0.1) is 13.8 Å². The number of rotatable bonds is 4. The van der Waals surface area contributed by atoms with Gasteiger partial charge >= 0.3 is 0 Å². The van der Waals surface area contributed by atoms with Gasteiger partial charge < -0.3 is 14.3 Å². The lowest BCUT2D eigenvalue weighted by atomic mass is 10.1. The molecule has 0 bridgehead atoms. The maximum atomic E-state index is 12.3. The number of carbonyl (C=O) groups excluding carboxylic acids is 2. The van der Waals surface area contributed by atoms with E-state index < -0.39 is 0 Å². The summed E-state index contributed by atoms with van der Waals surface area (Å²) in [7, 11) is 1.77. The fraction of sp³-hybridized carbons (Fsp3) is 0.167. The molecule has 1 N–H and O–H groups in total. The van der Waals surface area contributed by atoms with Crippen molar-refractivity contribution in [2.45, 2.75) is 13.8 Å². The minimum atomic E-state index is -0.243. The monoisotopic (exact) mass is 323 g/mol. The molecule has 122 valence electrons. The van der Waals surface area contributed by atoms with E-state index in [2.05, 4.69) is 10.3 Å². The van der Waals surface area contributed by atoms with Crippen LogP contribution in [-0.4, -0.2) is 21.2 Å². The van der Waals surface area contributed by atoms with Gasteiger partial charge in [0.15, 0.2) is 5.82 Å². The summed E-state index contributed by atoms with van der Waals surface area (Å²) in [5, 5.41) is 2.79. The first-order valence-electron chi connectivity index (χ1n) is 7.46. The van der Waals surface area contributed by atoms with E-state index in [0.717, 1.165) is 0 Å². The molecule has 0 spiro atoms. The highest BCUT2D eigenvalue weighted by Crippen LogP contribution is 2.17. The van der Waals surface area contributed by atoms with Crippen molar-refractivity contribution < 1.29 is 14.0 Å². The number of hydrogen-bond acceptors (Lipinski definition) is 4. The van der Waals surface area contributed by atoms with Crippen LogP contribution in [0.3, 0.4) is 0 Å². The maximum Gasteiger partial charge on any atom is 0.259 e. The number of anilines is 1. The van der Waals surface area contributed by atoms with Crippen LogP contribution < -0.4 is 5.32 Å². The molecule has 24 heavy (non-hydrogen) atoms. The van der Waals surface area contributed by atoms with E-state index in [1.165, 1.54) is 0 Å². The summed E-state index contributed by atoms with van der Waals surface area (Å²) in [5.41, 5.74) is 1.62. The van der Waals surface area contributed by atoms with Gasteiger partial charge in [-0.2, -0.15) is 0 Å². The summed E-state index contributed by atoms with van der Waals surface area (Å²) < 4.78 is 7.03. The number of ketones is 1. The number of amides is 1. The Morgan fingerprint density at radius 1 is 1.17 bits per heavy atom. The highest BCUT2D eigenvalue weighted by Gasteiger charge is 2.15. The minimum Gasteiger partial charge on any atom is -0.466 e. The van der Waals surface area contributed by atoms with Crippen molar-refractivity contribution >= 4 is 17.4 Å². The number of nitrogens with zero attached hydrogens (tertiary/aromatic N) is 2. The molecule has 6 heteroatoms. The van der Waals surface area contributed by atoms with Gasteiger partial charge in [-0.05, 0) is 44.2 Å². The Bertz CT molecular complexity index is 904. The van der Waals surface area contributed by atoms with Crippen LogP contribution >= 0.6 is 0 Å². The van der Waals surface area contributed by atoms with Crippen LogP contribution in [0.15, 0.2) is 47.1 Å². The summed E-state index contributed by atoms with van der Waals surface area (Å²) in [6, 6.07) is 8.41. The van der Waals surface area contributed by atoms with E-state index in [0.29, 0.717) is 34.2 Å². The average Bonchev–Trinajstić information content (AvgIpc) is 3.12. The molecule has 0 saturated carbocycles. The number of carbonyl (C=O) groups is 2. The maximum absolute atomic E-state index is 12.3. The van der Waals surface area contributed by atoms with Gasteiger partial charge in [-0.25, -0.2) is 4.98 Å². The summed E-state index contributed by atoms with van der Waals surface area (Å²) >= 11 is 0. The molecule has 6 nitrogen and oxygen atoms in total. The Morgan fingerprint density at radius 2 is 1.88 bits per heavy atom. The quantitative estimate of drug-likeness (QED) is 0.748. The molecule has 2 heterocycles. The van der Waals surface area contributed by atoms with E-state index in [9.17, 15) is 9.59 Å². The Hall–Kier alpha value is -3.15. The van der Waals surface area contributed by atoms with Crippen molar-refractivity contribution in [1.29, 1.82) is 0 Å². The smallest absolute Gasteiger partial charge is 0.259 e. The number of nitrogens with one attached hydrogen (secondary N) is 1. The van der Waals surface area contributed by atoms with Crippen LogP contribution in [0.5, 0.6) is 0 Å². The second-order valence-electron chi connectivity index (χ2n) is 5.55. The molecule has 0 unspecified atom stereocenters. The van der Waals surface area contributed by atoms with Gasteiger partial charge in [-0.1, -0.05) is 0 Å². The minimum absolute atomic E-state index is 0.165. The lowest BCUT2D eigenvalue weighted by molar-refractivity contribution is 0.101. The van der Waals surface area contributed by atoms with Gasteiger partial charge in [0.25, 0.3) is 5.91 Å². The van der Waals surface area contributed by atoms with E-state index in [1.807, 2.05) is 0 Å².